The fourth-order valence-corrected chi connectivity index (χ4v) is 1.44. The van der Waals surface area contributed by atoms with E-state index in [0.717, 1.165) is 18.2 Å². The Balaban J connectivity index is 2.68. The van der Waals surface area contributed by atoms with E-state index in [4.69, 9.17) is 14.2 Å². The van der Waals surface area contributed by atoms with Crippen LogP contribution in [0.5, 0.6) is 11.5 Å². The van der Waals surface area contributed by atoms with Crippen molar-refractivity contribution in [3.8, 4) is 11.5 Å². The van der Waals surface area contributed by atoms with Gasteiger partial charge in [-0.1, -0.05) is 0 Å². The van der Waals surface area contributed by atoms with Crippen molar-refractivity contribution in [2.24, 2.45) is 0 Å². The number of methoxy groups -OCH3 is 1. The largest absolute Gasteiger partial charge is 0.573 e. The fourth-order valence-electron chi connectivity index (χ4n) is 1.44. The van der Waals surface area contributed by atoms with Crippen molar-refractivity contribution in [2.75, 3.05) is 33.5 Å². The third-order valence-corrected chi connectivity index (χ3v) is 2.32. The number of aromatic carboxylic acids is 1. The normalized spacial score (nSPS) is 11.3. The monoisotopic (exact) mass is 323 g/mol. The molecule has 0 aromatic heterocycles. The maximum absolute atomic E-state index is 12.1. The molecule has 9 heteroatoms. The Kier molecular flexibility index (Phi) is 6.93. The van der Waals surface area contributed by atoms with E-state index >= 15 is 0 Å². The molecule has 0 aliphatic rings. The number of hydrogen-bond donors (Lipinski definition) is 0. The standard InChI is InChI=1S/C13H15F3O6/c1-19-4-5-20-6-7-21-11-8-9(22-13(14,15)16)2-3-10(11)12(17)18/h2-3,8H,4-7H2,1H3,(H,17,18)/p-1. The zero-order chi connectivity index (χ0) is 16.6. The van der Waals surface area contributed by atoms with Crippen LogP contribution in [-0.4, -0.2) is 45.9 Å². The molecule has 0 N–H and O–H groups in total. The van der Waals surface area contributed by atoms with Crippen molar-refractivity contribution in [2.45, 2.75) is 6.36 Å². The Hall–Kier alpha value is -2.00. The zero-order valence-electron chi connectivity index (χ0n) is 11.6. The molecule has 0 aliphatic heterocycles. The molecule has 0 unspecified atom stereocenters. The minimum atomic E-state index is -4.89. The Morgan fingerprint density at radius 2 is 1.86 bits per heavy atom. The number of halogens is 3. The van der Waals surface area contributed by atoms with Crippen LogP contribution in [0.3, 0.4) is 0 Å². The lowest BCUT2D eigenvalue weighted by atomic mass is 10.2. The average Bonchev–Trinajstić information content (AvgIpc) is 2.40. The van der Waals surface area contributed by atoms with Gasteiger partial charge in [0.1, 0.15) is 18.1 Å². The van der Waals surface area contributed by atoms with Gasteiger partial charge in [0, 0.05) is 18.7 Å². The van der Waals surface area contributed by atoms with E-state index in [9.17, 15) is 23.1 Å². The fraction of sp³-hybridized carbons (Fsp3) is 0.462. The van der Waals surface area contributed by atoms with Gasteiger partial charge in [-0.2, -0.15) is 0 Å². The quantitative estimate of drug-likeness (QED) is 0.631. The van der Waals surface area contributed by atoms with Gasteiger partial charge in [-0.05, 0) is 12.1 Å². The number of rotatable bonds is 9. The van der Waals surface area contributed by atoms with Crippen LogP contribution >= 0.6 is 0 Å². The van der Waals surface area contributed by atoms with Crippen LogP contribution in [0, 0.1) is 0 Å². The van der Waals surface area contributed by atoms with Crippen molar-refractivity contribution in [3.05, 3.63) is 23.8 Å². The number of alkyl halides is 3. The Bertz CT molecular complexity index is 489. The van der Waals surface area contributed by atoms with Crippen LogP contribution in [0.15, 0.2) is 18.2 Å². The Morgan fingerprint density at radius 1 is 1.18 bits per heavy atom. The molecule has 0 atom stereocenters. The van der Waals surface area contributed by atoms with E-state index in [0.29, 0.717) is 13.2 Å². The number of carbonyl (C=O) groups is 1. The van der Waals surface area contributed by atoms with Gasteiger partial charge in [0.05, 0.1) is 25.8 Å². The summed E-state index contributed by atoms with van der Waals surface area (Å²) >= 11 is 0. The molecule has 0 radical (unpaired) electrons. The Labute approximate surface area is 124 Å². The van der Waals surface area contributed by atoms with Crippen LogP contribution < -0.4 is 14.6 Å². The van der Waals surface area contributed by atoms with Crippen LogP contribution in [-0.2, 0) is 9.47 Å². The summed E-state index contributed by atoms with van der Waals surface area (Å²) in [6, 6.07) is 2.60. The zero-order valence-corrected chi connectivity index (χ0v) is 11.6. The molecule has 0 saturated carbocycles. The highest BCUT2D eigenvalue weighted by Crippen LogP contribution is 2.28. The van der Waals surface area contributed by atoms with Crippen molar-refractivity contribution in [1.29, 1.82) is 0 Å². The smallest absolute Gasteiger partial charge is 0.545 e. The van der Waals surface area contributed by atoms with Gasteiger partial charge in [-0.25, -0.2) is 0 Å². The average molecular weight is 323 g/mol. The maximum atomic E-state index is 12.1. The molecule has 6 nitrogen and oxygen atoms in total. The molecule has 0 bridgehead atoms. The molecular formula is C13H14F3O6-. The van der Waals surface area contributed by atoms with Crippen LogP contribution in [0.4, 0.5) is 13.2 Å². The van der Waals surface area contributed by atoms with E-state index < -0.39 is 18.1 Å². The summed E-state index contributed by atoms with van der Waals surface area (Å²) < 4.78 is 55.0. The molecule has 0 aliphatic carbocycles. The van der Waals surface area contributed by atoms with E-state index in [1.54, 1.807) is 0 Å². The van der Waals surface area contributed by atoms with Crippen LogP contribution in [0.1, 0.15) is 10.4 Å². The SMILES string of the molecule is COCCOCCOc1cc(OC(F)(F)F)ccc1C(=O)[O-]. The van der Waals surface area contributed by atoms with Crippen molar-refractivity contribution >= 4 is 5.97 Å². The van der Waals surface area contributed by atoms with Gasteiger partial charge >= 0.3 is 6.36 Å². The molecule has 124 valence electrons. The molecule has 1 aromatic carbocycles. The van der Waals surface area contributed by atoms with Gasteiger partial charge in [0.15, 0.2) is 0 Å². The first-order valence-corrected chi connectivity index (χ1v) is 6.14. The van der Waals surface area contributed by atoms with Gasteiger partial charge in [0.2, 0.25) is 0 Å². The second-order valence-electron chi connectivity index (χ2n) is 3.95. The lowest BCUT2D eigenvalue weighted by Crippen LogP contribution is -2.24. The molecule has 22 heavy (non-hydrogen) atoms. The topological polar surface area (TPSA) is 77.0 Å². The predicted molar refractivity (Wildman–Crippen MR) is 65.6 cm³/mol. The van der Waals surface area contributed by atoms with Gasteiger partial charge in [0.25, 0.3) is 0 Å². The molecular weight excluding hydrogens is 309 g/mol. The summed E-state index contributed by atoms with van der Waals surface area (Å²) in [5.74, 6) is -2.46. The second-order valence-corrected chi connectivity index (χ2v) is 3.95. The minimum absolute atomic E-state index is 0.0561. The lowest BCUT2D eigenvalue weighted by molar-refractivity contribution is -0.274. The predicted octanol–water partition coefficient (Wildman–Crippen LogP) is 0.990. The number of benzene rings is 1. The number of carboxylic acid groups (broad SMARTS) is 1. The molecule has 0 amide bonds. The molecule has 0 spiro atoms. The van der Waals surface area contributed by atoms with Crippen molar-refractivity contribution < 1.29 is 42.0 Å². The number of ether oxygens (including phenoxy) is 4. The summed E-state index contributed by atoms with van der Waals surface area (Å²) in [5, 5.41) is 10.9. The number of hydrogen-bond acceptors (Lipinski definition) is 6. The van der Waals surface area contributed by atoms with Gasteiger partial charge in [-0.3, -0.25) is 0 Å². The first-order valence-electron chi connectivity index (χ1n) is 6.14. The molecule has 1 aromatic rings. The van der Waals surface area contributed by atoms with E-state index in [-0.39, 0.29) is 24.5 Å². The third kappa shape index (κ3) is 6.64. The van der Waals surface area contributed by atoms with E-state index in [2.05, 4.69) is 4.74 Å². The minimum Gasteiger partial charge on any atom is -0.545 e. The highest BCUT2D eigenvalue weighted by atomic mass is 19.4. The van der Waals surface area contributed by atoms with Crippen molar-refractivity contribution in [3.63, 3.8) is 0 Å². The summed E-state index contributed by atoms with van der Waals surface area (Å²) in [6.45, 7) is 0.739. The van der Waals surface area contributed by atoms with Crippen LogP contribution in [0.2, 0.25) is 0 Å². The first kappa shape index (κ1) is 18.1. The van der Waals surface area contributed by atoms with Gasteiger partial charge in [-0.15, -0.1) is 13.2 Å². The number of carboxylic acids is 1. The molecule has 0 heterocycles. The summed E-state index contributed by atoms with van der Waals surface area (Å²) in [7, 11) is 1.50. The highest BCUT2D eigenvalue weighted by Gasteiger charge is 2.31. The molecule has 0 saturated heterocycles. The number of carbonyl (C=O) groups excluding carboxylic acids is 1. The van der Waals surface area contributed by atoms with E-state index in [1.165, 1.54) is 7.11 Å². The van der Waals surface area contributed by atoms with Crippen LogP contribution in [0.25, 0.3) is 0 Å². The third-order valence-electron chi connectivity index (χ3n) is 2.32. The Morgan fingerprint density at radius 3 is 2.45 bits per heavy atom. The lowest BCUT2D eigenvalue weighted by Gasteiger charge is -2.15. The van der Waals surface area contributed by atoms with Gasteiger partial charge < -0.3 is 28.8 Å². The van der Waals surface area contributed by atoms with Crippen molar-refractivity contribution in [1.82, 2.24) is 0 Å². The summed E-state index contributed by atoms with van der Waals surface area (Å²) in [4.78, 5) is 10.9. The first-order chi connectivity index (χ1) is 10.3. The van der Waals surface area contributed by atoms with E-state index in [1.807, 2.05) is 0 Å². The summed E-state index contributed by atoms with van der Waals surface area (Å²) in [5.41, 5.74) is -0.383. The second kappa shape index (κ2) is 8.44. The molecule has 1 rings (SSSR count). The highest BCUT2D eigenvalue weighted by molar-refractivity contribution is 5.89. The maximum Gasteiger partial charge on any atom is 0.573 e. The molecule has 0 fully saturated rings. The summed E-state index contributed by atoms with van der Waals surface area (Å²) in [6.07, 6.45) is -4.89.